The van der Waals surface area contributed by atoms with E-state index in [2.05, 4.69) is 4.98 Å². The lowest BCUT2D eigenvalue weighted by molar-refractivity contribution is -0.167. The van der Waals surface area contributed by atoms with Gasteiger partial charge in [0.15, 0.2) is 0 Å². The Kier molecular flexibility index (Phi) is 2.71. The molecule has 6 heteroatoms. The van der Waals surface area contributed by atoms with E-state index in [0.29, 0.717) is 10.9 Å². The Morgan fingerprint density at radius 3 is 2.71 bits per heavy atom. The van der Waals surface area contributed by atoms with E-state index < -0.39 is 12.1 Å². The topological polar surface area (TPSA) is 42.0 Å². The summed E-state index contributed by atoms with van der Waals surface area (Å²) in [4.78, 5) is 14.7. The number of hydrogen-bond acceptors (Lipinski definition) is 2. The van der Waals surface area contributed by atoms with Crippen LogP contribution in [0.1, 0.15) is 0 Å². The van der Waals surface area contributed by atoms with Crippen LogP contribution in [0.5, 0.6) is 0 Å². The molecule has 0 radical (unpaired) electrons. The summed E-state index contributed by atoms with van der Waals surface area (Å²) in [6.45, 7) is 0. The van der Waals surface area contributed by atoms with Gasteiger partial charge < -0.3 is 5.32 Å². The van der Waals surface area contributed by atoms with Crippen molar-refractivity contribution in [3.05, 3.63) is 36.5 Å². The number of aromatic nitrogens is 1. The first-order valence-electron chi connectivity index (χ1n) is 4.70. The highest BCUT2D eigenvalue weighted by atomic mass is 19.4. The second-order valence-corrected chi connectivity index (χ2v) is 3.36. The Labute approximate surface area is 94.3 Å². The summed E-state index contributed by atoms with van der Waals surface area (Å²) in [5.74, 6) is -1.99. The molecule has 1 N–H and O–H groups in total. The second-order valence-electron chi connectivity index (χ2n) is 3.36. The van der Waals surface area contributed by atoms with E-state index in [1.54, 1.807) is 29.7 Å². The van der Waals surface area contributed by atoms with Crippen LogP contribution in [0.4, 0.5) is 18.9 Å². The molecule has 0 aliphatic carbocycles. The predicted octanol–water partition coefficient (Wildman–Crippen LogP) is 2.74. The van der Waals surface area contributed by atoms with Gasteiger partial charge in [0.25, 0.3) is 0 Å². The smallest absolute Gasteiger partial charge is 0.318 e. The number of nitrogens with zero attached hydrogens (tertiary/aromatic N) is 1. The van der Waals surface area contributed by atoms with E-state index >= 15 is 0 Å². The molecule has 0 atom stereocenters. The minimum atomic E-state index is -4.89. The van der Waals surface area contributed by atoms with Crippen molar-refractivity contribution in [3.8, 4) is 0 Å². The Bertz CT molecular complexity index is 566. The number of hydrogen-bond donors (Lipinski definition) is 1. The number of anilines is 1. The molecule has 88 valence electrons. The van der Waals surface area contributed by atoms with Crippen molar-refractivity contribution in [1.29, 1.82) is 0 Å². The average Bonchev–Trinajstić information content (AvgIpc) is 2.27. The Hall–Kier alpha value is -2.11. The van der Waals surface area contributed by atoms with Crippen molar-refractivity contribution in [2.24, 2.45) is 0 Å². The molecule has 1 aromatic heterocycles. The minimum absolute atomic E-state index is 0.0906. The first-order chi connectivity index (χ1) is 7.97. The number of amides is 1. The van der Waals surface area contributed by atoms with Gasteiger partial charge in [0.2, 0.25) is 0 Å². The lowest BCUT2D eigenvalue weighted by atomic mass is 10.2. The Morgan fingerprint density at radius 1 is 1.24 bits per heavy atom. The highest BCUT2D eigenvalue weighted by molar-refractivity contribution is 5.96. The number of fused-ring (bicyclic) bond motifs is 1. The van der Waals surface area contributed by atoms with E-state index in [1.807, 2.05) is 0 Å². The van der Waals surface area contributed by atoms with Crippen LogP contribution in [-0.2, 0) is 4.79 Å². The molecule has 0 fully saturated rings. The van der Waals surface area contributed by atoms with Crippen LogP contribution in [0.3, 0.4) is 0 Å². The summed E-state index contributed by atoms with van der Waals surface area (Å²) in [6, 6.07) is 7.72. The fourth-order valence-corrected chi connectivity index (χ4v) is 1.36. The van der Waals surface area contributed by atoms with Gasteiger partial charge in [-0.1, -0.05) is 6.07 Å². The summed E-state index contributed by atoms with van der Waals surface area (Å²) in [7, 11) is 0. The molecular formula is C11H7F3N2O. The molecule has 0 saturated carbocycles. The van der Waals surface area contributed by atoms with Crippen LogP contribution < -0.4 is 5.32 Å². The number of carbonyl (C=O) groups is 1. The number of benzene rings is 1. The summed E-state index contributed by atoms with van der Waals surface area (Å²) in [6.07, 6.45) is -3.31. The van der Waals surface area contributed by atoms with E-state index in [-0.39, 0.29) is 5.69 Å². The maximum absolute atomic E-state index is 12.0. The summed E-state index contributed by atoms with van der Waals surface area (Å²) in [5.41, 5.74) is 0.741. The molecule has 1 amide bonds. The molecule has 3 nitrogen and oxygen atoms in total. The Morgan fingerprint density at radius 2 is 2.00 bits per heavy atom. The maximum atomic E-state index is 12.0. The molecule has 0 spiro atoms. The molecule has 0 unspecified atom stereocenters. The molecule has 0 aliphatic rings. The van der Waals surface area contributed by atoms with Crippen molar-refractivity contribution in [2.75, 3.05) is 5.32 Å². The summed E-state index contributed by atoms with van der Waals surface area (Å²) >= 11 is 0. The lowest BCUT2D eigenvalue weighted by Gasteiger charge is -2.08. The van der Waals surface area contributed by atoms with Gasteiger partial charge in [0.05, 0.1) is 5.52 Å². The molecule has 2 rings (SSSR count). The second kappa shape index (κ2) is 4.04. The van der Waals surface area contributed by atoms with Crippen molar-refractivity contribution in [2.45, 2.75) is 6.18 Å². The molecule has 1 aromatic carbocycles. The van der Waals surface area contributed by atoms with E-state index in [1.165, 1.54) is 12.1 Å². The maximum Gasteiger partial charge on any atom is 0.471 e. The van der Waals surface area contributed by atoms with Gasteiger partial charge >= 0.3 is 12.1 Å². The van der Waals surface area contributed by atoms with E-state index in [4.69, 9.17) is 0 Å². The summed E-state index contributed by atoms with van der Waals surface area (Å²) in [5, 5.41) is 2.44. The van der Waals surface area contributed by atoms with Crippen LogP contribution in [-0.4, -0.2) is 17.1 Å². The standard InChI is InChI=1S/C11H7F3N2O/c12-11(13,14)10(17)16-8-3-4-9-7(6-8)2-1-5-15-9/h1-6H,(H,16,17). The Balaban J connectivity index is 2.29. The molecule has 0 bridgehead atoms. The van der Waals surface area contributed by atoms with Crippen molar-refractivity contribution in [3.63, 3.8) is 0 Å². The van der Waals surface area contributed by atoms with Gasteiger partial charge in [-0.3, -0.25) is 9.78 Å². The lowest BCUT2D eigenvalue weighted by Crippen LogP contribution is -2.29. The number of rotatable bonds is 1. The fourth-order valence-electron chi connectivity index (χ4n) is 1.36. The van der Waals surface area contributed by atoms with E-state index in [9.17, 15) is 18.0 Å². The molecule has 17 heavy (non-hydrogen) atoms. The fraction of sp³-hybridized carbons (Fsp3) is 0.0909. The quantitative estimate of drug-likeness (QED) is 0.832. The third kappa shape index (κ3) is 2.52. The molecule has 0 aliphatic heterocycles. The van der Waals surface area contributed by atoms with Crippen molar-refractivity contribution in [1.82, 2.24) is 4.98 Å². The minimum Gasteiger partial charge on any atom is -0.318 e. The third-order valence-electron chi connectivity index (χ3n) is 2.12. The zero-order valence-electron chi connectivity index (χ0n) is 8.45. The highest BCUT2D eigenvalue weighted by Gasteiger charge is 2.38. The predicted molar refractivity (Wildman–Crippen MR) is 56.4 cm³/mol. The SMILES string of the molecule is O=C(Nc1ccc2ncccc2c1)C(F)(F)F. The zero-order valence-corrected chi connectivity index (χ0v) is 8.45. The van der Waals surface area contributed by atoms with Crippen molar-refractivity contribution < 1.29 is 18.0 Å². The number of nitrogens with one attached hydrogen (secondary N) is 1. The van der Waals surface area contributed by atoms with Crippen LogP contribution >= 0.6 is 0 Å². The highest BCUT2D eigenvalue weighted by Crippen LogP contribution is 2.21. The largest absolute Gasteiger partial charge is 0.471 e. The third-order valence-corrected chi connectivity index (χ3v) is 2.12. The molecular weight excluding hydrogens is 233 g/mol. The van der Waals surface area contributed by atoms with Gasteiger partial charge in [0, 0.05) is 17.3 Å². The van der Waals surface area contributed by atoms with Gasteiger partial charge in [-0.2, -0.15) is 13.2 Å². The molecule has 1 heterocycles. The monoisotopic (exact) mass is 240 g/mol. The normalized spacial score (nSPS) is 11.5. The van der Waals surface area contributed by atoms with Crippen LogP contribution in [0.2, 0.25) is 0 Å². The first-order valence-corrected chi connectivity index (χ1v) is 4.70. The number of pyridine rings is 1. The van der Waals surface area contributed by atoms with Gasteiger partial charge in [-0.15, -0.1) is 0 Å². The summed E-state index contributed by atoms with van der Waals surface area (Å²) < 4.78 is 36.1. The average molecular weight is 240 g/mol. The van der Waals surface area contributed by atoms with E-state index in [0.717, 1.165) is 0 Å². The molecule has 2 aromatic rings. The van der Waals surface area contributed by atoms with Gasteiger partial charge in [-0.05, 0) is 24.3 Å². The first kappa shape index (κ1) is 11.4. The van der Waals surface area contributed by atoms with Crippen molar-refractivity contribution >= 4 is 22.5 Å². The van der Waals surface area contributed by atoms with Crippen LogP contribution in [0.15, 0.2) is 36.5 Å². The van der Waals surface area contributed by atoms with Gasteiger partial charge in [0.1, 0.15) is 0 Å². The number of alkyl halides is 3. The van der Waals surface area contributed by atoms with Gasteiger partial charge in [-0.25, -0.2) is 0 Å². The number of halogens is 3. The van der Waals surface area contributed by atoms with Crippen LogP contribution in [0.25, 0.3) is 10.9 Å². The zero-order chi connectivity index (χ0) is 12.5. The molecule has 0 saturated heterocycles. The number of carbonyl (C=O) groups excluding carboxylic acids is 1. The van der Waals surface area contributed by atoms with Crippen LogP contribution in [0, 0.1) is 0 Å².